The molecule has 1 heterocycles. The Balaban J connectivity index is 2.32. The lowest BCUT2D eigenvalue weighted by molar-refractivity contribution is 0.0138. The van der Waals surface area contributed by atoms with Crippen molar-refractivity contribution in [2.45, 2.75) is 25.8 Å². The molecule has 0 amide bonds. The molecule has 1 unspecified atom stereocenters. The average molecular weight is 248 g/mol. The fourth-order valence-corrected chi connectivity index (χ4v) is 2.87. The van der Waals surface area contributed by atoms with E-state index in [0.29, 0.717) is 0 Å². The molecule has 2 N–H and O–H groups in total. The summed E-state index contributed by atoms with van der Waals surface area (Å²) < 4.78 is 0. The second-order valence-electron chi connectivity index (χ2n) is 5.15. The predicted molar refractivity (Wildman–Crippen MR) is 74.7 cm³/mol. The second-order valence-corrected chi connectivity index (χ2v) is 5.15. The molecule has 0 spiro atoms. The highest BCUT2D eigenvalue weighted by Crippen LogP contribution is 2.32. The number of piperazine rings is 1. The minimum Gasteiger partial charge on any atom is -0.394 e. The van der Waals surface area contributed by atoms with E-state index in [9.17, 15) is 5.11 Å². The molecule has 1 atom stereocenters. The number of aryl methyl sites for hydroxylation is 1. The number of rotatable bonds is 4. The lowest BCUT2D eigenvalue weighted by Gasteiger charge is -2.45. The fourth-order valence-electron chi connectivity index (χ4n) is 2.87. The van der Waals surface area contributed by atoms with E-state index < -0.39 is 0 Å². The molecule has 0 bridgehead atoms. The summed E-state index contributed by atoms with van der Waals surface area (Å²) in [6, 6.07) is 8.60. The molecular weight excluding hydrogens is 224 g/mol. The fraction of sp³-hybridized carbons (Fsp3) is 0.600. The number of benzene rings is 1. The summed E-state index contributed by atoms with van der Waals surface area (Å²) in [7, 11) is 0. The van der Waals surface area contributed by atoms with Crippen molar-refractivity contribution in [1.82, 2.24) is 10.2 Å². The number of aliphatic hydroxyl groups excluding tert-OH is 1. The highest BCUT2D eigenvalue weighted by atomic mass is 16.3. The van der Waals surface area contributed by atoms with Gasteiger partial charge in [-0.3, -0.25) is 4.90 Å². The molecule has 0 radical (unpaired) electrons. The Bertz CT molecular complexity index is 365. The van der Waals surface area contributed by atoms with Crippen molar-refractivity contribution >= 4 is 0 Å². The van der Waals surface area contributed by atoms with Gasteiger partial charge in [0.25, 0.3) is 0 Å². The lowest BCUT2D eigenvalue weighted by atomic mass is 9.85. The lowest BCUT2D eigenvalue weighted by Crippen LogP contribution is -2.56. The first-order valence-corrected chi connectivity index (χ1v) is 6.86. The third-order valence-electron chi connectivity index (χ3n) is 4.16. The van der Waals surface area contributed by atoms with Crippen LogP contribution < -0.4 is 5.32 Å². The standard InChI is InChI=1S/C15H24N2O/c1-3-15(12-18,17-10-8-16-9-11-17)14-6-4-13(2)5-7-14/h4-7,16,18H,3,8-12H2,1-2H3. The van der Waals surface area contributed by atoms with E-state index in [0.717, 1.165) is 32.6 Å². The second kappa shape index (κ2) is 5.83. The van der Waals surface area contributed by atoms with Crippen LogP contribution in [0.1, 0.15) is 24.5 Å². The van der Waals surface area contributed by atoms with Gasteiger partial charge in [0.2, 0.25) is 0 Å². The zero-order chi connectivity index (χ0) is 13.0. The minimum absolute atomic E-state index is 0.187. The van der Waals surface area contributed by atoms with Gasteiger partial charge in [0, 0.05) is 26.2 Å². The van der Waals surface area contributed by atoms with Crippen LogP contribution in [0.3, 0.4) is 0 Å². The quantitative estimate of drug-likeness (QED) is 0.847. The van der Waals surface area contributed by atoms with Gasteiger partial charge in [0.1, 0.15) is 0 Å². The third-order valence-corrected chi connectivity index (χ3v) is 4.16. The number of aliphatic hydroxyl groups is 1. The van der Waals surface area contributed by atoms with Gasteiger partial charge in [0.15, 0.2) is 0 Å². The molecule has 100 valence electrons. The topological polar surface area (TPSA) is 35.5 Å². The van der Waals surface area contributed by atoms with Crippen molar-refractivity contribution < 1.29 is 5.11 Å². The van der Waals surface area contributed by atoms with E-state index >= 15 is 0 Å². The maximum atomic E-state index is 9.99. The first kappa shape index (κ1) is 13.5. The van der Waals surface area contributed by atoms with Crippen LogP contribution in [-0.2, 0) is 5.54 Å². The monoisotopic (exact) mass is 248 g/mol. The Labute approximate surface area is 110 Å². The van der Waals surface area contributed by atoms with E-state index in [1.54, 1.807) is 0 Å². The summed E-state index contributed by atoms with van der Waals surface area (Å²) >= 11 is 0. The maximum Gasteiger partial charge on any atom is 0.0692 e. The molecule has 1 aliphatic heterocycles. The summed E-state index contributed by atoms with van der Waals surface area (Å²) in [5.74, 6) is 0. The molecule has 3 heteroatoms. The van der Waals surface area contributed by atoms with Crippen LogP contribution >= 0.6 is 0 Å². The molecule has 0 saturated carbocycles. The normalized spacial score (nSPS) is 20.6. The van der Waals surface area contributed by atoms with Gasteiger partial charge in [-0.15, -0.1) is 0 Å². The van der Waals surface area contributed by atoms with Gasteiger partial charge >= 0.3 is 0 Å². The number of nitrogens with one attached hydrogen (secondary N) is 1. The number of hydrogen-bond donors (Lipinski definition) is 2. The largest absolute Gasteiger partial charge is 0.394 e. The van der Waals surface area contributed by atoms with Crippen molar-refractivity contribution in [2.24, 2.45) is 0 Å². The van der Waals surface area contributed by atoms with E-state index in [-0.39, 0.29) is 12.1 Å². The number of nitrogens with zero attached hydrogens (tertiary/aromatic N) is 1. The summed E-state index contributed by atoms with van der Waals surface area (Å²) in [6.07, 6.45) is 0.937. The smallest absolute Gasteiger partial charge is 0.0692 e. The molecule has 0 aliphatic carbocycles. The van der Waals surface area contributed by atoms with Crippen molar-refractivity contribution in [3.05, 3.63) is 35.4 Å². The van der Waals surface area contributed by atoms with Gasteiger partial charge in [-0.05, 0) is 18.9 Å². The first-order chi connectivity index (χ1) is 8.73. The van der Waals surface area contributed by atoms with E-state index in [1.807, 2.05) is 0 Å². The maximum absolute atomic E-state index is 9.99. The van der Waals surface area contributed by atoms with Crippen molar-refractivity contribution in [2.75, 3.05) is 32.8 Å². The van der Waals surface area contributed by atoms with E-state index in [4.69, 9.17) is 0 Å². The number of hydrogen-bond acceptors (Lipinski definition) is 3. The van der Waals surface area contributed by atoms with Gasteiger partial charge in [-0.1, -0.05) is 36.8 Å². The van der Waals surface area contributed by atoms with Crippen LogP contribution in [0, 0.1) is 6.92 Å². The third kappa shape index (κ3) is 2.44. The summed E-state index contributed by atoms with van der Waals surface area (Å²) in [6.45, 7) is 8.47. The highest BCUT2D eigenvalue weighted by molar-refractivity contribution is 5.28. The molecule has 2 rings (SSSR count). The first-order valence-electron chi connectivity index (χ1n) is 6.86. The van der Waals surface area contributed by atoms with Gasteiger partial charge < -0.3 is 10.4 Å². The zero-order valence-electron chi connectivity index (χ0n) is 11.4. The Hall–Kier alpha value is -0.900. The Morgan fingerprint density at radius 2 is 1.83 bits per heavy atom. The Kier molecular flexibility index (Phi) is 4.38. The summed E-state index contributed by atoms with van der Waals surface area (Å²) in [4.78, 5) is 2.42. The molecule has 0 aromatic heterocycles. The van der Waals surface area contributed by atoms with Gasteiger partial charge in [0.05, 0.1) is 12.1 Å². The summed E-state index contributed by atoms with van der Waals surface area (Å²) in [5, 5.41) is 13.4. The summed E-state index contributed by atoms with van der Waals surface area (Å²) in [5.41, 5.74) is 2.29. The molecule has 1 aromatic carbocycles. The minimum atomic E-state index is -0.212. The Morgan fingerprint density at radius 1 is 1.22 bits per heavy atom. The highest BCUT2D eigenvalue weighted by Gasteiger charge is 2.36. The van der Waals surface area contributed by atoms with Crippen LogP contribution in [-0.4, -0.2) is 42.8 Å². The molecule has 18 heavy (non-hydrogen) atoms. The van der Waals surface area contributed by atoms with Crippen LogP contribution in [0.4, 0.5) is 0 Å². The van der Waals surface area contributed by atoms with Crippen molar-refractivity contribution in [3.8, 4) is 0 Å². The zero-order valence-corrected chi connectivity index (χ0v) is 11.4. The molecule has 1 aromatic rings. The van der Waals surface area contributed by atoms with Crippen molar-refractivity contribution in [1.29, 1.82) is 0 Å². The van der Waals surface area contributed by atoms with E-state index in [2.05, 4.69) is 48.3 Å². The van der Waals surface area contributed by atoms with Crippen LogP contribution in [0.25, 0.3) is 0 Å². The Morgan fingerprint density at radius 3 is 2.33 bits per heavy atom. The molecule has 1 saturated heterocycles. The van der Waals surface area contributed by atoms with Crippen LogP contribution in [0.5, 0.6) is 0 Å². The van der Waals surface area contributed by atoms with Gasteiger partial charge in [-0.25, -0.2) is 0 Å². The molecular formula is C15H24N2O. The SMILES string of the molecule is CCC(CO)(c1ccc(C)cc1)N1CCNCC1. The molecule has 1 aliphatic rings. The average Bonchev–Trinajstić information content (AvgIpc) is 2.44. The van der Waals surface area contributed by atoms with Crippen LogP contribution in [0.15, 0.2) is 24.3 Å². The van der Waals surface area contributed by atoms with Gasteiger partial charge in [-0.2, -0.15) is 0 Å². The van der Waals surface area contributed by atoms with E-state index in [1.165, 1.54) is 11.1 Å². The van der Waals surface area contributed by atoms with Crippen LogP contribution in [0.2, 0.25) is 0 Å². The predicted octanol–water partition coefficient (Wildman–Crippen LogP) is 1.50. The molecule has 3 nitrogen and oxygen atoms in total. The molecule has 1 fully saturated rings. The van der Waals surface area contributed by atoms with Crippen molar-refractivity contribution in [3.63, 3.8) is 0 Å².